The molecule has 0 aliphatic heterocycles. The molecule has 0 bridgehead atoms. The van der Waals surface area contributed by atoms with Crippen LogP contribution in [0, 0.1) is 5.41 Å². The summed E-state index contributed by atoms with van der Waals surface area (Å²) in [5.74, 6) is 0. The molecular formula is C13H24BrN3. The molecule has 0 amide bonds. The highest BCUT2D eigenvalue weighted by Crippen LogP contribution is 2.27. The van der Waals surface area contributed by atoms with Crippen LogP contribution in [0.4, 0.5) is 0 Å². The van der Waals surface area contributed by atoms with E-state index in [4.69, 9.17) is 5.73 Å². The number of nitrogens with zero attached hydrogens (tertiary/aromatic N) is 2. The van der Waals surface area contributed by atoms with Crippen molar-refractivity contribution in [2.75, 3.05) is 0 Å². The second-order valence-electron chi connectivity index (χ2n) is 5.55. The highest BCUT2D eigenvalue weighted by atomic mass is 79.9. The van der Waals surface area contributed by atoms with Crippen LogP contribution in [-0.2, 0) is 19.4 Å². The smallest absolute Gasteiger partial charge is 0.0766 e. The van der Waals surface area contributed by atoms with Gasteiger partial charge in [-0.25, -0.2) is 0 Å². The molecule has 1 aromatic rings. The standard InChI is InChI=1S/C13H24BrN3/c1-6-9-12(14)10(17(7-2)16-9)8-11(15)13(3,4)5/h11H,6-8,15H2,1-5H3. The van der Waals surface area contributed by atoms with Crippen molar-refractivity contribution < 1.29 is 0 Å². The summed E-state index contributed by atoms with van der Waals surface area (Å²) in [6.07, 6.45) is 1.82. The first kappa shape index (κ1) is 14.7. The minimum atomic E-state index is 0.120. The molecule has 4 heteroatoms. The van der Waals surface area contributed by atoms with Gasteiger partial charge in [0.25, 0.3) is 0 Å². The van der Waals surface area contributed by atoms with Crippen molar-refractivity contribution >= 4 is 15.9 Å². The lowest BCUT2D eigenvalue weighted by Gasteiger charge is -2.27. The molecule has 0 aliphatic carbocycles. The van der Waals surface area contributed by atoms with Crippen molar-refractivity contribution in [3.05, 3.63) is 15.9 Å². The minimum absolute atomic E-state index is 0.120. The van der Waals surface area contributed by atoms with E-state index in [0.717, 1.165) is 29.6 Å². The van der Waals surface area contributed by atoms with E-state index in [1.807, 2.05) is 0 Å². The molecule has 2 N–H and O–H groups in total. The molecular weight excluding hydrogens is 278 g/mol. The van der Waals surface area contributed by atoms with Crippen molar-refractivity contribution in [2.45, 2.75) is 60.0 Å². The fraction of sp³-hybridized carbons (Fsp3) is 0.769. The van der Waals surface area contributed by atoms with Crippen molar-refractivity contribution in [1.29, 1.82) is 0 Å². The average molecular weight is 302 g/mol. The van der Waals surface area contributed by atoms with Crippen molar-refractivity contribution in [3.8, 4) is 0 Å². The topological polar surface area (TPSA) is 43.8 Å². The molecule has 1 heterocycles. The van der Waals surface area contributed by atoms with Crippen molar-refractivity contribution in [2.24, 2.45) is 11.1 Å². The zero-order chi connectivity index (χ0) is 13.2. The van der Waals surface area contributed by atoms with Gasteiger partial charge in [0.15, 0.2) is 0 Å². The number of halogens is 1. The molecule has 1 unspecified atom stereocenters. The number of aromatic nitrogens is 2. The van der Waals surface area contributed by atoms with E-state index in [-0.39, 0.29) is 11.5 Å². The quantitative estimate of drug-likeness (QED) is 0.928. The van der Waals surface area contributed by atoms with E-state index in [0.29, 0.717) is 0 Å². The summed E-state index contributed by atoms with van der Waals surface area (Å²) in [6.45, 7) is 11.7. The van der Waals surface area contributed by atoms with E-state index in [2.05, 4.69) is 60.3 Å². The first-order chi connectivity index (χ1) is 7.81. The molecule has 0 fully saturated rings. The Kier molecular flexibility index (Phi) is 4.78. The van der Waals surface area contributed by atoms with E-state index < -0.39 is 0 Å². The maximum absolute atomic E-state index is 6.26. The van der Waals surface area contributed by atoms with E-state index in [1.54, 1.807) is 0 Å². The lowest BCUT2D eigenvalue weighted by molar-refractivity contribution is 0.313. The summed E-state index contributed by atoms with van der Waals surface area (Å²) in [5, 5.41) is 4.60. The molecule has 0 aromatic carbocycles. The van der Waals surface area contributed by atoms with Gasteiger partial charge in [0.05, 0.1) is 15.9 Å². The summed E-state index contributed by atoms with van der Waals surface area (Å²) in [4.78, 5) is 0. The third kappa shape index (κ3) is 3.32. The van der Waals surface area contributed by atoms with Gasteiger partial charge in [-0.05, 0) is 34.7 Å². The molecule has 1 aromatic heterocycles. The molecule has 1 atom stereocenters. The molecule has 98 valence electrons. The molecule has 0 radical (unpaired) electrons. The van der Waals surface area contributed by atoms with Gasteiger partial charge in [-0.1, -0.05) is 27.7 Å². The van der Waals surface area contributed by atoms with Crippen LogP contribution in [0.5, 0.6) is 0 Å². The first-order valence-corrected chi connectivity index (χ1v) is 7.10. The van der Waals surface area contributed by atoms with Crippen LogP contribution < -0.4 is 5.73 Å². The van der Waals surface area contributed by atoms with Crippen LogP contribution in [0.1, 0.15) is 46.0 Å². The SMILES string of the molecule is CCc1nn(CC)c(CC(N)C(C)(C)C)c1Br. The Labute approximate surface area is 113 Å². The van der Waals surface area contributed by atoms with Crippen molar-refractivity contribution in [1.82, 2.24) is 9.78 Å². The Morgan fingerprint density at radius 2 is 1.94 bits per heavy atom. The molecule has 3 nitrogen and oxygen atoms in total. The largest absolute Gasteiger partial charge is 0.327 e. The van der Waals surface area contributed by atoms with Crippen LogP contribution in [-0.4, -0.2) is 15.8 Å². The third-order valence-electron chi connectivity index (χ3n) is 3.22. The number of rotatable bonds is 4. The van der Waals surface area contributed by atoms with Crippen LogP contribution in [0.2, 0.25) is 0 Å². The Bertz CT molecular complexity index is 377. The highest BCUT2D eigenvalue weighted by Gasteiger charge is 2.24. The second kappa shape index (κ2) is 5.53. The Morgan fingerprint density at radius 3 is 2.35 bits per heavy atom. The lowest BCUT2D eigenvalue weighted by Crippen LogP contribution is -2.37. The van der Waals surface area contributed by atoms with Crippen LogP contribution >= 0.6 is 15.9 Å². The van der Waals surface area contributed by atoms with Gasteiger partial charge in [0.2, 0.25) is 0 Å². The fourth-order valence-electron chi connectivity index (χ4n) is 1.73. The Hall–Kier alpha value is -0.350. The highest BCUT2D eigenvalue weighted by molar-refractivity contribution is 9.10. The maximum atomic E-state index is 6.26. The van der Waals surface area contributed by atoms with Crippen LogP contribution in [0.15, 0.2) is 4.47 Å². The first-order valence-electron chi connectivity index (χ1n) is 6.30. The molecule has 0 aliphatic rings. The zero-order valence-electron chi connectivity index (χ0n) is 11.5. The Balaban J connectivity index is 3.01. The van der Waals surface area contributed by atoms with Gasteiger partial charge in [-0.3, -0.25) is 4.68 Å². The number of nitrogens with two attached hydrogens (primary N) is 1. The van der Waals surface area contributed by atoms with E-state index >= 15 is 0 Å². The fourth-order valence-corrected chi connectivity index (χ4v) is 2.45. The zero-order valence-corrected chi connectivity index (χ0v) is 13.1. The summed E-state index contributed by atoms with van der Waals surface area (Å²) in [7, 11) is 0. The normalized spacial score (nSPS) is 14.1. The summed E-state index contributed by atoms with van der Waals surface area (Å²) in [6, 6.07) is 0.144. The number of hydrogen-bond donors (Lipinski definition) is 1. The monoisotopic (exact) mass is 301 g/mol. The predicted molar refractivity (Wildman–Crippen MR) is 76.1 cm³/mol. The van der Waals surface area contributed by atoms with Crippen LogP contribution in [0.3, 0.4) is 0 Å². The number of aryl methyl sites for hydroxylation is 2. The third-order valence-corrected chi connectivity index (χ3v) is 4.14. The van der Waals surface area contributed by atoms with Gasteiger partial charge < -0.3 is 5.73 Å². The summed E-state index contributed by atoms with van der Waals surface area (Å²) < 4.78 is 3.20. The van der Waals surface area contributed by atoms with Gasteiger partial charge >= 0.3 is 0 Å². The minimum Gasteiger partial charge on any atom is -0.327 e. The summed E-state index contributed by atoms with van der Waals surface area (Å²) >= 11 is 3.66. The predicted octanol–water partition coefficient (Wildman–Crippen LogP) is 3.14. The van der Waals surface area contributed by atoms with Crippen molar-refractivity contribution in [3.63, 3.8) is 0 Å². The number of hydrogen-bond acceptors (Lipinski definition) is 2. The lowest BCUT2D eigenvalue weighted by atomic mass is 9.85. The second-order valence-corrected chi connectivity index (χ2v) is 6.35. The maximum Gasteiger partial charge on any atom is 0.0766 e. The summed E-state index contributed by atoms with van der Waals surface area (Å²) in [5.41, 5.74) is 8.74. The Morgan fingerprint density at radius 1 is 1.35 bits per heavy atom. The van der Waals surface area contributed by atoms with Crippen LogP contribution in [0.25, 0.3) is 0 Å². The van der Waals surface area contributed by atoms with Gasteiger partial charge in [-0.15, -0.1) is 0 Å². The average Bonchev–Trinajstić information content (AvgIpc) is 2.54. The molecule has 1 rings (SSSR count). The molecule has 0 spiro atoms. The molecule has 0 saturated carbocycles. The van der Waals surface area contributed by atoms with Gasteiger partial charge in [0.1, 0.15) is 0 Å². The van der Waals surface area contributed by atoms with E-state index in [9.17, 15) is 0 Å². The van der Waals surface area contributed by atoms with Gasteiger partial charge in [-0.2, -0.15) is 5.10 Å². The van der Waals surface area contributed by atoms with E-state index in [1.165, 1.54) is 5.69 Å². The van der Waals surface area contributed by atoms with Gasteiger partial charge in [0, 0.05) is 19.0 Å². The molecule has 17 heavy (non-hydrogen) atoms. The molecule has 0 saturated heterocycles.